The monoisotopic (exact) mass is 385 g/mol. The summed E-state index contributed by atoms with van der Waals surface area (Å²) in [6.07, 6.45) is 11.2. The van der Waals surface area contributed by atoms with Gasteiger partial charge in [0.1, 0.15) is 11.1 Å². The van der Waals surface area contributed by atoms with E-state index in [0.29, 0.717) is 18.1 Å². The first-order chi connectivity index (χ1) is 13.2. The molecule has 4 rings (SSSR count). The van der Waals surface area contributed by atoms with Crippen LogP contribution in [0.5, 0.6) is 5.75 Å². The molecule has 5 heteroatoms. The maximum atomic E-state index is 11.8. The second-order valence-electron chi connectivity index (χ2n) is 7.79. The van der Waals surface area contributed by atoms with E-state index >= 15 is 0 Å². The maximum Gasteiger partial charge on any atom is 0.334 e. The molecular weight excluding hydrogens is 358 g/mol. The number of nitrogens with zero attached hydrogens (tertiary/aromatic N) is 1. The summed E-state index contributed by atoms with van der Waals surface area (Å²) in [4.78, 5) is 14.0. The van der Waals surface area contributed by atoms with Crippen LogP contribution in [0.2, 0.25) is 0 Å². The number of rotatable bonds is 8. The number of ether oxygens (including phenoxy) is 1. The predicted molar refractivity (Wildman–Crippen MR) is 109 cm³/mol. The van der Waals surface area contributed by atoms with Gasteiger partial charge < -0.3 is 14.7 Å². The molecule has 4 atom stereocenters. The van der Waals surface area contributed by atoms with Gasteiger partial charge in [0.05, 0.1) is 12.2 Å². The summed E-state index contributed by atoms with van der Waals surface area (Å²) in [5, 5.41) is 9.52. The van der Waals surface area contributed by atoms with Crippen LogP contribution in [0.25, 0.3) is 0 Å². The molecule has 27 heavy (non-hydrogen) atoms. The minimum atomic E-state index is -0.821. The molecule has 1 aromatic rings. The van der Waals surface area contributed by atoms with Gasteiger partial charge >= 0.3 is 5.97 Å². The molecule has 2 saturated carbocycles. The highest BCUT2D eigenvalue weighted by atomic mass is 32.2. The zero-order valence-electron chi connectivity index (χ0n) is 15.5. The van der Waals surface area contributed by atoms with E-state index < -0.39 is 5.97 Å². The lowest BCUT2D eigenvalue weighted by molar-refractivity contribution is -0.133. The first-order valence-corrected chi connectivity index (χ1v) is 10.9. The molecular formula is C22H27NO3S. The standard InChI is InChI=1S/C22H27NO3S/c24-22(25)20-7-4-10-23(15-18-14-16-8-9-17(18)13-16)21(20)27-12-11-26-19-5-2-1-3-6-19/h1-7,10,16-18,21H,8-9,11-15H2,(H,24,25). The van der Waals surface area contributed by atoms with Crippen LogP contribution in [0.15, 0.2) is 54.3 Å². The molecule has 1 heterocycles. The number of thioether (sulfide) groups is 1. The van der Waals surface area contributed by atoms with Crippen LogP contribution in [0.1, 0.15) is 25.7 Å². The van der Waals surface area contributed by atoms with Crippen molar-refractivity contribution in [2.75, 3.05) is 18.9 Å². The molecule has 4 unspecified atom stereocenters. The summed E-state index contributed by atoms with van der Waals surface area (Å²) in [6.45, 7) is 1.54. The molecule has 0 saturated heterocycles. The number of para-hydroxylation sites is 1. The third-order valence-corrected chi connectivity index (χ3v) is 7.31. The molecule has 1 N–H and O–H groups in total. The Bertz CT molecular complexity index is 718. The van der Waals surface area contributed by atoms with Crippen molar-refractivity contribution in [1.29, 1.82) is 0 Å². The molecule has 144 valence electrons. The van der Waals surface area contributed by atoms with Gasteiger partial charge in [-0.05, 0) is 61.3 Å². The van der Waals surface area contributed by atoms with Crippen molar-refractivity contribution in [1.82, 2.24) is 4.90 Å². The van der Waals surface area contributed by atoms with Crippen molar-refractivity contribution in [3.05, 3.63) is 54.3 Å². The fourth-order valence-electron chi connectivity index (χ4n) is 4.82. The normalized spacial score (nSPS) is 29.0. The van der Waals surface area contributed by atoms with Gasteiger partial charge in [-0.15, -0.1) is 11.8 Å². The van der Waals surface area contributed by atoms with Crippen LogP contribution >= 0.6 is 11.8 Å². The summed E-state index contributed by atoms with van der Waals surface area (Å²) in [6, 6.07) is 9.76. The van der Waals surface area contributed by atoms with Gasteiger partial charge in [-0.25, -0.2) is 4.79 Å². The van der Waals surface area contributed by atoms with Crippen LogP contribution in [-0.4, -0.2) is 40.3 Å². The molecule has 0 radical (unpaired) electrons. The van der Waals surface area contributed by atoms with Gasteiger partial charge in [-0.3, -0.25) is 0 Å². The van der Waals surface area contributed by atoms with E-state index in [9.17, 15) is 9.90 Å². The van der Waals surface area contributed by atoms with Gasteiger partial charge in [0.25, 0.3) is 0 Å². The van der Waals surface area contributed by atoms with Crippen molar-refractivity contribution in [3.8, 4) is 5.75 Å². The van der Waals surface area contributed by atoms with E-state index in [1.165, 1.54) is 25.7 Å². The van der Waals surface area contributed by atoms with E-state index in [1.807, 2.05) is 36.4 Å². The molecule has 1 aromatic carbocycles. The van der Waals surface area contributed by atoms with Crippen LogP contribution in [0, 0.1) is 17.8 Å². The highest BCUT2D eigenvalue weighted by molar-refractivity contribution is 8.00. The zero-order valence-corrected chi connectivity index (χ0v) is 16.3. The number of allylic oxidation sites excluding steroid dienone is 2. The van der Waals surface area contributed by atoms with Crippen LogP contribution in [0.3, 0.4) is 0 Å². The third-order valence-electron chi connectivity index (χ3n) is 6.07. The Kier molecular flexibility index (Phi) is 5.77. The van der Waals surface area contributed by atoms with Crippen LogP contribution < -0.4 is 4.74 Å². The van der Waals surface area contributed by atoms with E-state index in [-0.39, 0.29) is 5.37 Å². The lowest BCUT2D eigenvalue weighted by Crippen LogP contribution is -2.39. The van der Waals surface area contributed by atoms with Crippen LogP contribution in [-0.2, 0) is 4.79 Å². The Labute approximate surface area is 165 Å². The number of hydrogen-bond donors (Lipinski definition) is 1. The van der Waals surface area contributed by atoms with E-state index in [1.54, 1.807) is 17.8 Å². The second-order valence-corrected chi connectivity index (χ2v) is 8.97. The maximum absolute atomic E-state index is 11.8. The molecule has 2 aliphatic carbocycles. The average Bonchev–Trinajstić information content (AvgIpc) is 3.30. The zero-order chi connectivity index (χ0) is 18.6. The van der Waals surface area contributed by atoms with E-state index in [0.717, 1.165) is 29.9 Å². The number of carbonyl (C=O) groups is 1. The van der Waals surface area contributed by atoms with Crippen molar-refractivity contribution >= 4 is 17.7 Å². The molecule has 0 spiro atoms. The van der Waals surface area contributed by atoms with Gasteiger partial charge in [0.2, 0.25) is 0 Å². The number of hydrogen-bond acceptors (Lipinski definition) is 4. The number of fused-ring (bicyclic) bond motifs is 2. The summed E-state index contributed by atoms with van der Waals surface area (Å²) in [5.41, 5.74) is 0.477. The van der Waals surface area contributed by atoms with Crippen molar-refractivity contribution in [3.63, 3.8) is 0 Å². The van der Waals surface area contributed by atoms with Crippen molar-refractivity contribution < 1.29 is 14.6 Å². The number of benzene rings is 1. The molecule has 4 nitrogen and oxygen atoms in total. The largest absolute Gasteiger partial charge is 0.493 e. The molecule has 1 aliphatic heterocycles. The predicted octanol–water partition coefficient (Wildman–Crippen LogP) is 4.40. The summed E-state index contributed by atoms with van der Waals surface area (Å²) in [5.74, 6) is 3.26. The topological polar surface area (TPSA) is 49.8 Å². The lowest BCUT2D eigenvalue weighted by Gasteiger charge is -2.36. The molecule has 0 aromatic heterocycles. The number of carboxylic acid groups (broad SMARTS) is 1. The summed E-state index contributed by atoms with van der Waals surface area (Å²) >= 11 is 1.67. The minimum Gasteiger partial charge on any atom is -0.493 e. The first-order valence-electron chi connectivity index (χ1n) is 9.87. The van der Waals surface area contributed by atoms with Gasteiger partial charge in [-0.1, -0.05) is 24.6 Å². The molecule has 3 aliphatic rings. The molecule has 2 bridgehead atoms. The van der Waals surface area contributed by atoms with E-state index in [2.05, 4.69) is 11.1 Å². The molecule has 0 amide bonds. The first kappa shape index (κ1) is 18.5. The Morgan fingerprint density at radius 1 is 1.22 bits per heavy atom. The average molecular weight is 386 g/mol. The Morgan fingerprint density at radius 2 is 2.07 bits per heavy atom. The van der Waals surface area contributed by atoms with Gasteiger partial charge in [0.15, 0.2) is 0 Å². The van der Waals surface area contributed by atoms with Gasteiger partial charge in [0, 0.05) is 18.5 Å². The second kappa shape index (κ2) is 8.42. The van der Waals surface area contributed by atoms with Crippen molar-refractivity contribution in [2.24, 2.45) is 17.8 Å². The number of carboxylic acids is 1. The highest BCUT2D eigenvalue weighted by Gasteiger charge is 2.41. The smallest absolute Gasteiger partial charge is 0.334 e. The summed E-state index contributed by atoms with van der Waals surface area (Å²) < 4.78 is 5.78. The highest BCUT2D eigenvalue weighted by Crippen LogP contribution is 2.49. The summed E-state index contributed by atoms with van der Waals surface area (Å²) in [7, 11) is 0. The quantitative estimate of drug-likeness (QED) is 0.672. The minimum absolute atomic E-state index is 0.133. The van der Waals surface area contributed by atoms with E-state index in [4.69, 9.17) is 4.74 Å². The fourth-order valence-corrected chi connectivity index (χ4v) is 5.93. The Balaban J connectivity index is 1.35. The Morgan fingerprint density at radius 3 is 2.78 bits per heavy atom. The SMILES string of the molecule is O=C(O)C1=CC=CN(CC2CC3CCC2C3)C1SCCOc1ccccc1. The number of aliphatic carboxylic acids is 1. The van der Waals surface area contributed by atoms with Gasteiger partial charge in [-0.2, -0.15) is 0 Å². The van der Waals surface area contributed by atoms with Crippen LogP contribution in [0.4, 0.5) is 0 Å². The van der Waals surface area contributed by atoms with Crippen molar-refractivity contribution in [2.45, 2.75) is 31.1 Å². The lowest BCUT2D eigenvalue weighted by atomic mass is 9.88. The Hall–Kier alpha value is -1.88. The fraction of sp³-hybridized carbons (Fsp3) is 0.500. The molecule has 2 fully saturated rings. The third kappa shape index (κ3) is 4.34.